The van der Waals surface area contributed by atoms with Gasteiger partial charge in [0, 0.05) is 6.54 Å². The molecule has 0 aromatic carbocycles. The van der Waals surface area contributed by atoms with E-state index in [2.05, 4.69) is 4.90 Å². The van der Waals surface area contributed by atoms with E-state index in [1.807, 2.05) is 0 Å². The van der Waals surface area contributed by atoms with E-state index in [-0.39, 0.29) is 11.3 Å². The van der Waals surface area contributed by atoms with Gasteiger partial charge < -0.3 is 10.6 Å². The number of nitrogens with zero attached hydrogens (tertiary/aromatic N) is 1. The Kier molecular flexibility index (Phi) is 1.42. The summed E-state index contributed by atoms with van der Waals surface area (Å²) >= 11 is 0. The highest BCUT2D eigenvalue weighted by Gasteiger charge is 2.45. The van der Waals surface area contributed by atoms with Crippen molar-refractivity contribution >= 4 is 5.91 Å². The molecule has 0 radical (unpaired) electrons. The SMILES string of the molecule is NC(=O)[C@@]12CCCN(CC1)C2. The second kappa shape index (κ2) is 2.21. The summed E-state index contributed by atoms with van der Waals surface area (Å²) in [5.41, 5.74) is 5.23. The van der Waals surface area contributed by atoms with Crippen LogP contribution in [0.3, 0.4) is 0 Å². The van der Waals surface area contributed by atoms with Crippen LogP contribution in [0.25, 0.3) is 0 Å². The number of carbonyl (C=O) groups is 1. The first-order valence-corrected chi connectivity index (χ1v) is 4.25. The van der Waals surface area contributed by atoms with E-state index in [9.17, 15) is 4.79 Å². The van der Waals surface area contributed by atoms with E-state index in [1.165, 1.54) is 0 Å². The smallest absolute Gasteiger partial charge is 0.224 e. The van der Waals surface area contributed by atoms with Crippen molar-refractivity contribution in [2.45, 2.75) is 19.3 Å². The average molecular weight is 154 g/mol. The van der Waals surface area contributed by atoms with E-state index in [1.54, 1.807) is 0 Å². The minimum atomic E-state index is -0.141. The van der Waals surface area contributed by atoms with Crippen LogP contribution in [0.1, 0.15) is 19.3 Å². The number of nitrogens with two attached hydrogens (primary N) is 1. The van der Waals surface area contributed by atoms with Crippen molar-refractivity contribution in [3.8, 4) is 0 Å². The number of piperidine rings is 1. The molecular weight excluding hydrogens is 140 g/mol. The van der Waals surface area contributed by atoms with Crippen LogP contribution in [-0.4, -0.2) is 30.4 Å². The van der Waals surface area contributed by atoms with Crippen molar-refractivity contribution in [1.82, 2.24) is 4.90 Å². The summed E-state index contributed by atoms with van der Waals surface area (Å²) in [4.78, 5) is 13.5. The summed E-state index contributed by atoms with van der Waals surface area (Å²) in [5, 5.41) is 0. The monoisotopic (exact) mass is 154 g/mol. The normalized spacial score (nSPS) is 42.4. The minimum Gasteiger partial charge on any atom is -0.369 e. The highest BCUT2D eigenvalue weighted by molar-refractivity contribution is 5.81. The lowest BCUT2D eigenvalue weighted by atomic mass is 9.80. The number of primary amides is 1. The van der Waals surface area contributed by atoms with Crippen LogP contribution in [0.4, 0.5) is 0 Å². The van der Waals surface area contributed by atoms with Gasteiger partial charge in [-0.2, -0.15) is 0 Å². The number of fused-ring (bicyclic) bond motifs is 2. The molecule has 2 saturated heterocycles. The van der Waals surface area contributed by atoms with Gasteiger partial charge in [0.05, 0.1) is 5.41 Å². The molecule has 1 amide bonds. The molecule has 2 atom stereocenters. The fourth-order valence-electron chi connectivity index (χ4n) is 2.32. The average Bonchev–Trinajstić information content (AvgIpc) is 2.29. The van der Waals surface area contributed by atoms with E-state index in [4.69, 9.17) is 5.73 Å². The topological polar surface area (TPSA) is 46.3 Å². The zero-order valence-electron chi connectivity index (χ0n) is 6.68. The highest BCUT2D eigenvalue weighted by Crippen LogP contribution is 2.38. The van der Waals surface area contributed by atoms with Gasteiger partial charge in [-0.3, -0.25) is 4.79 Å². The lowest BCUT2D eigenvalue weighted by Gasteiger charge is -2.30. The summed E-state index contributed by atoms with van der Waals surface area (Å²) < 4.78 is 0. The molecule has 2 rings (SSSR count). The number of rotatable bonds is 1. The van der Waals surface area contributed by atoms with Crippen LogP contribution in [0.5, 0.6) is 0 Å². The Morgan fingerprint density at radius 3 is 2.82 bits per heavy atom. The molecule has 2 N–H and O–H groups in total. The van der Waals surface area contributed by atoms with Crippen LogP contribution >= 0.6 is 0 Å². The molecule has 2 aliphatic rings. The van der Waals surface area contributed by atoms with Gasteiger partial charge in [-0.1, -0.05) is 0 Å². The molecule has 2 bridgehead atoms. The molecule has 0 aromatic rings. The summed E-state index contributed by atoms with van der Waals surface area (Å²) in [5.74, 6) is -0.0836. The van der Waals surface area contributed by atoms with Gasteiger partial charge in [-0.25, -0.2) is 0 Å². The highest BCUT2D eigenvalue weighted by atomic mass is 16.1. The van der Waals surface area contributed by atoms with Crippen LogP contribution in [-0.2, 0) is 4.79 Å². The van der Waals surface area contributed by atoms with Crippen molar-refractivity contribution in [3.63, 3.8) is 0 Å². The number of carbonyl (C=O) groups excluding carboxylic acids is 1. The van der Waals surface area contributed by atoms with E-state index < -0.39 is 0 Å². The third kappa shape index (κ3) is 0.948. The summed E-state index contributed by atoms with van der Waals surface area (Å²) in [6.07, 6.45) is 3.14. The van der Waals surface area contributed by atoms with Crippen molar-refractivity contribution < 1.29 is 4.79 Å². The zero-order valence-corrected chi connectivity index (χ0v) is 6.68. The van der Waals surface area contributed by atoms with Crippen LogP contribution < -0.4 is 5.73 Å². The standard InChI is InChI=1S/C8H14N2O/c9-7(11)8-2-1-4-10(6-8)5-3-8/h1-6H2,(H2,9,11)/t8-/m0/s1. The second-order valence-electron chi connectivity index (χ2n) is 3.77. The molecule has 11 heavy (non-hydrogen) atoms. The Labute approximate surface area is 66.5 Å². The number of amides is 1. The second-order valence-corrected chi connectivity index (χ2v) is 3.77. The molecule has 1 unspecified atom stereocenters. The Morgan fingerprint density at radius 2 is 2.18 bits per heavy atom. The molecule has 0 spiro atoms. The van der Waals surface area contributed by atoms with Gasteiger partial charge in [-0.15, -0.1) is 0 Å². The molecule has 0 saturated carbocycles. The Balaban J connectivity index is 2.19. The third-order valence-corrected chi connectivity index (χ3v) is 3.09. The molecule has 2 fully saturated rings. The molecule has 2 heterocycles. The van der Waals surface area contributed by atoms with E-state index in [0.29, 0.717) is 0 Å². The van der Waals surface area contributed by atoms with Crippen LogP contribution in [0.15, 0.2) is 0 Å². The Morgan fingerprint density at radius 1 is 1.36 bits per heavy atom. The van der Waals surface area contributed by atoms with Gasteiger partial charge in [0.2, 0.25) is 5.91 Å². The van der Waals surface area contributed by atoms with E-state index in [0.717, 1.165) is 38.9 Å². The first-order valence-electron chi connectivity index (χ1n) is 4.25. The summed E-state index contributed by atoms with van der Waals surface area (Å²) in [6, 6.07) is 0. The molecule has 62 valence electrons. The zero-order chi connectivity index (χ0) is 7.90. The van der Waals surface area contributed by atoms with Gasteiger partial charge in [0.1, 0.15) is 0 Å². The summed E-state index contributed by atoms with van der Waals surface area (Å²) in [7, 11) is 0. The summed E-state index contributed by atoms with van der Waals surface area (Å²) in [6.45, 7) is 3.15. The van der Waals surface area contributed by atoms with Gasteiger partial charge in [-0.05, 0) is 32.4 Å². The van der Waals surface area contributed by atoms with Gasteiger partial charge >= 0.3 is 0 Å². The number of hydrogen-bond acceptors (Lipinski definition) is 2. The predicted molar refractivity (Wildman–Crippen MR) is 41.9 cm³/mol. The third-order valence-electron chi connectivity index (χ3n) is 3.09. The van der Waals surface area contributed by atoms with Crippen molar-refractivity contribution in [2.75, 3.05) is 19.6 Å². The molecule has 2 aliphatic heterocycles. The van der Waals surface area contributed by atoms with Crippen LogP contribution in [0.2, 0.25) is 0 Å². The van der Waals surface area contributed by atoms with E-state index >= 15 is 0 Å². The maximum absolute atomic E-state index is 11.1. The maximum Gasteiger partial charge on any atom is 0.224 e. The first kappa shape index (κ1) is 7.10. The van der Waals surface area contributed by atoms with Crippen molar-refractivity contribution in [1.29, 1.82) is 0 Å². The molecule has 3 heteroatoms. The van der Waals surface area contributed by atoms with Crippen molar-refractivity contribution in [3.05, 3.63) is 0 Å². The largest absolute Gasteiger partial charge is 0.369 e. The van der Waals surface area contributed by atoms with Gasteiger partial charge in [0.15, 0.2) is 0 Å². The van der Waals surface area contributed by atoms with Crippen LogP contribution in [0, 0.1) is 5.41 Å². The Hall–Kier alpha value is -0.570. The molecule has 0 aliphatic carbocycles. The minimum absolute atomic E-state index is 0.0836. The fourth-order valence-corrected chi connectivity index (χ4v) is 2.32. The Bertz CT molecular complexity index is 189. The molecule has 0 aromatic heterocycles. The van der Waals surface area contributed by atoms with Crippen molar-refractivity contribution in [2.24, 2.45) is 11.1 Å². The lowest BCUT2D eigenvalue weighted by molar-refractivity contribution is -0.128. The molecular formula is C8H14N2O. The van der Waals surface area contributed by atoms with Gasteiger partial charge in [0.25, 0.3) is 0 Å². The quantitative estimate of drug-likeness (QED) is 0.576. The first-order chi connectivity index (χ1) is 5.23. The molecule has 3 nitrogen and oxygen atoms in total. The maximum atomic E-state index is 11.1. The predicted octanol–water partition coefficient (Wildman–Crippen LogP) is -0.0424. The fraction of sp³-hybridized carbons (Fsp3) is 0.875. The number of hydrogen-bond donors (Lipinski definition) is 1. The lowest BCUT2D eigenvalue weighted by Crippen LogP contribution is -2.43.